The predicted molar refractivity (Wildman–Crippen MR) is 81.2 cm³/mol. The zero-order chi connectivity index (χ0) is 13.7. The molecule has 19 heavy (non-hydrogen) atoms. The summed E-state index contributed by atoms with van der Waals surface area (Å²) in [7, 11) is 0. The van der Waals surface area contributed by atoms with Gasteiger partial charge in [-0.3, -0.25) is 4.98 Å². The normalized spacial score (nSPS) is 24.6. The second-order valence-corrected chi connectivity index (χ2v) is 6.22. The summed E-state index contributed by atoms with van der Waals surface area (Å²) in [5.41, 5.74) is 1.28. The van der Waals surface area contributed by atoms with Gasteiger partial charge in [0.15, 0.2) is 0 Å². The van der Waals surface area contributed by atoms with Crippen LogP contribution in [-0.2, 0) is 11.2 Å². The molecule has 1 aromatic heterocycles. The van der Waals surface area contributed by atoms with E-state index in [0.717, 1.165) is 36.9 Å². The summed E-state index contributed by atoms with van der Waals surface area (Å²) in [6.45, 7) is 6.36. The Balaban J connectivity index is 2.04. The highest BCUT2D eigenvalue weighted by Crippen LogP contribution is 2.26. The van der Waals surface area contributed by atoms with Gasteiger partial charge in [-0.25, -0.2) is 0 Å². The summed E-state index contributed by atoms with van der Waals surface area (Å²) >= 11 is 3.49. The van der Waals surface area contributed by atoms with Gasteiger partial charge in [0.25, 0.3) is 0 Å². The molecule has 0 saturated carbocycles. The Morgan fingerprint density at radius 1 is 1.53 bits per heavy atom. The smallest absolute Gasteiger partial charge is 0.0590 e. The molecule has 1 aliphatic heterocycles. The van der Waals surface area contributed by atoms with E-state index in [0.29, 0.717) is 18.1 Å². The van der Waals surface area contributed by atoms with Crippen LogP contribution in [0.15, 0.2) is 22.9 Å². The standard InChI is InChI=1S/C15H23BrN2O/c1-3-5-18-15(14-4-6-19-11(14)2)8-12-7-13(16)10-17-9-12/h7,9-11,14-15,18H,3-6,8H2,1-2H3. The molecule has 1 aliphatic rings. The van der Waals surface area contributed by atoms with E-state index in [1.54, 1.807) is 0 Å². The van der Waals surface area contributed by atoms with Crippen molar-refractivity contribution in [1.82, 2.24) is 10.3 Å². The van der Waals surface area contributed by atoms with Crippen molar-refractivity contribution in [2.24, 2.45) is 5.92 Å². The van der Waals surface area contributed by atoms with Crippen LogP contribution in [0.1, 0.15) is 32.3 Å². The van der Waals surface area contributed by atoms with Crippen molar-refractivity contribution in [2.45, 2.75) is 45.3 Å². The number of nitrogens with one attached hydrogen (secondary N) is 1. The maximum atomic E-state index is 5.72. The molecule has 0 bridgehead atoms. The van der Waals surface area contributed by atoms with Gasteiger partial charge in [-0.15, -0.1) is 0 Å². The van der Waals surface area contributed by atoms with Crippen molar-refractivity contribution in [3.8, 4) is 0 Å². The molecular weight excluding hydrogens is 304 g/mol. The maximum Gasteiger partial charge on any atom is 0.0590 e. The van der Waals surface area contributed by atoms with Crippen LogP contribution in [0.5, 0.6) is 0 Å². The summed E-state index contributed by atoms with van der Waals surface area (Å²) in [5, 5.41) is 3.69. The summed E-state index contributed by atoms with van der Waals surface area (Å²) < 4.78 is 6.77. The lowest BCUT2D eigenvalue weighted by Crippen LogP contribution is -2.41. The molecule has 2 heterocycles. The Bertz CT molecular complexity index is 399. The highest BCUT2D eigenvalue weighted by atomic mass is 79.9. The van der Waals surface area contributed by atoms with Crippen molar-refractivity contribution in [1.29, 1.82) is 0 Å². The van der Waals surface area contributed by atoms with Gasteiger partial charge in [-0.1, -0.05) is 6.92 Å². The third kappa shape index (κ3) is 4.26. The zero-order valence-corrected chi connectivity index (χ0v) is 13.3. The lowest BCUT2D eigenvalue weighted by atomic mass is 9.89. The first kappa shape index (κ1) is 14.9. The van der Waals surface area contributed by atoms with Gasteiger partial charge >= 0.3 is 0 Å². The van der Waals surface area contributed by atoms with E-state index in [1.165, 1.54) is 5.56 Å². The predicted octanol–water partition coefficient (Wildman–Crippen LogP) is 3.18. The molecule has 3 unspecified atom stereocenters. The Morgan fingerprint density at radius 2 is 2.37 bits per heavy atom. The molecule has 1 aromatic rings. The van der Waals surface area contributed by atoms with Crippen molar-refractivity contribution in [3.63, 3.8) is 0 Å². The minimum absolute atomic E-state index is 0.356. The van der Waals surface area contributed by atoms with Crippen molar-refractivity contribution in [3.05, 3.63) is 28.5 Å². The Labute approximate surface area is 124 Å². The summed E-state index contributed by atoms with van der Waals surface area (Å²) in [5.74, 6) is 0.602. The molecule has 1 N–H and O–H groups in total. The van der Waals surface area contributed by atoms with Gasteiger partial charge in [0.05, 0.1) is 6.10 Å². The number of rotatable bonds is 6. The molecule has 0 amide bonds. The molecule has 0 aromatic carbocycles. The van der Waals surface area contributed by atoms with Gasteiger partial charge in [0.1, 0.15) is 0 Å². The average molecular weight is 327 g/mol. The molecule has 4 heteroatoms. The summed E-state index contributed by atoms with van der Waals surface area (Å²) in [6.07, 6.45) is 7.49. The lowest BCUT2D eigenvalue weighted by Gasteiger charge is -2.27. The number of ether oxygens (including phenoxy) is 1. The highest BCUT2D eigenvalue weighted by molar-refractivity contribution is 9.10. The number of nitrogens with zero attached hydrogens (tertiary/aromatic N) is 1. The molecule has 1 fully saturated rings. The van der Waals surface area contributed by atoms with Crippen LogP contribution in [0.4, 0.5) is 0 Å². The van der Waals surface area contributed by atoms with Crippen LogP contribution in [0.3, 0.4) is 0 Å². The van der Waals surface area contributed by atoms with Crippen LogP contribution in [-0.4, -0.2) is 30.3 Å². The molecule has 2 rings (SSSR count). The Morgan fingerprint density at radius 3 is 3.00 bits per heavy atom. The SMILES string of the molecule is CCCNC(Cc1cncc(Br)c1)C1CCOC1C. The molecule has 1 saturated heterocycles. The van der Waals surface area contributed by atoms with Crippen molar-refractivity contribution in [2.75, 3.05) is 13.2 Å². The largest absolute Gasteiger partial charge is 0.378 e. The van der Waals surface area contributed by atoms with E-state index in [9.17, 15) is 0 Å². The van der Waals surface area contributed by atoms with E-state index in [1.807, 2.05) is 12.4 Å². The van der Waals surface area contributed by atoms with E-state index in [-0.39, 0.29) is 0 Å². The van der Waals surface area contributed by atoms with Gasteiger partial charge in [0.2, 0.25) is 0 Å². The fraction of sp³-hybridized carbons (Fsp3) is 0.667. The van der Waals surface area contributed by atoms with Crippen LogP contribution in [0.2, 0.25) is 0 Å². The number of aromatic nitrogens is 1. The Kier molecular flexibility index (Phi) is 5.79. The zero-order valence-electron chi connectivity index (χ0n) is 11.7. The minimum atomic E-state index is 0.356. The number of hydrogen-bond donors (Lipinski definition) is 1. The first-order valence-electron chi connectivity index (χ1n) is 7.15. The third-order valence-corrected chi connectivity index (χ3v) is 4.26. The second-order valence-electron chi connectivity index (χ2n) is 5.30. The number of hydrogen-bond acceptors (Lipinski definition) is 3. The molecule has 106 valence electrons. The number of halogens is 1. The monoisotopic (exact) mass is 326 g/mol. The summed E-state index contributed by atoms with van der Waals surface area (Å²) in [4.78, 5) is 4.26. The highest BCUT2D eigenvalue weighted by Gasteiger charge is 2.31. The van der Waals surface area contributed by atoms with Gasteiger partial charge in [0, 0.05) is 35.4 Å². The van der Waals surface area contributed by atoms with Crippen molar-refractivity contribution >= 4 is 15.9 Å². The Hall–Kier alpha value is -0.450. The van der Waals surface area contributed by atoms with Gasteiger partial charge in [-0.2, -0.15) is 0 Å². The average Bonchev–Trinajstić information content (AvgIpc) is 2.81. The van der Waals surface area contributed by atoms with Gasteiger partial charge < -0.3 is 10.1 Å². The van der Waals surface area contributed by atoms with Crippen LogP contribution < -0.4 is 5.32 Å². The molecular formula is C15H23BrN2O. The fourth-order valence-corrected chi connectivity index (χ4v) is 3.21. The fourth-order valence-electron chi connectivity index (χ4n) is 2.80. The quantitative estimate of drug-likeness (QED) is 0.871. The molecule has 0 aliphatic carbocycles. The van der Waals surface area contributed by atoms with E-state index < -0.39 is 0 Å². The van der Waals surface area contributed by atoms with E-state index in [4.69, 9.17) is 4.74 Å². The van der Waals surface area contributed by atoms with E-state index >= 15 is 0 Å². The molecule has 0 radical (unpaired) electrons. The lowest BCUT2D eigenvalue weighted by molar-refractivity contribution is 0.0954. The maximum absolute atomic E-state index is 5.72. The molecule has 3 atom stereocenters. The number of pyridine rings is 1. The minimum Gasteiger partial charge on any atom is -0.378 e. The third-order valence-electron chi connectivity index (χ3n) is 3.83. The molecule has 3 nitrogen and oxygen atoms in total. The topological polar surface area (TPSA) is 34.2 Å². The van der Waals surface area contributed by atoms with Gasteiger partial charge in [-0.05, 0) is 60.3 Å². The summed E-state index contributed by atoms with van der Waals surface area (Å²) in [6, 6.07) is 2.64. The van der Waals surface area contributed by atoms with Crippen LogP contribution in [0, 0.1) is 5.92 Å². The van der Waals surface area contributed by atoms with E-state index in [2.05, 4.69) is 46.1 Å². The first-order valence-corrected chi connectivity index (χ1v) is 7.94. The first-order chi connectivity index (χ1) is 9.20. The molecule has 0 spiro atoms. The second kappa shape index (κ2) is 7.36. The van der Waals surface area contributed by atoms with Crippen LogP contribution >= 0.6 is 15.9 Å². The van der Waals surface area contributed by atoms with Crippen molar-refractivity contribution < 1.29 is 4.74 Å². The van der Waals surface area contributed by atoms with Crippen LogP contribution in [0.25, 0.3) is 0 Å².